The highest BCUT2D eigenvalue weighted by Gasteiger charge is 2.31. The smallest absolute Gasteiger partial charge is 0.251 e. The molecule has 1 aliphatic rings. The van der Waals surface area contributed by atoms with Gasteiger partial charge in [0.2, 0.25) is 11.8 Å². The molecular formula is C18H17N3O3S. The summed E-state index contributed by atoms with van der Waals surface area (Å²) in [4.78, 5) is 35.8. The van der Waals surface area contributed by atoms with E-state index in [0.717, 1.165) is 11.3 Å². The van der Waals surface area contributed by atoms with Gasteiger partial charge in [-0.3, -0.25) is 14.4 Å². The van der Waals surface area contributed by atoms with Gasteiger partial charge in [-0.25, -0.2) is 0 Å². The Balaban J connectivity index is 1.44. The summed E-state index contributed by atoms with van der Waals surface area (Å²) in [5, 5.41) is 8.19. The van der Waals surface area contributed by atoms with Crippen LogP contribution in [0.2, 0.25) is 0 Å². The molecule has 1 heterocycles. The van der Waals surface area contributed by atoms with E-state index in [4.69, 9.17) is 0 Å². The van der Waals surface area contributed by atoms with Crippen LogP contribution in [0.1, 0.15) is 11.6 Å². The van der Waals surface area contributed by atoms with Crippen molar-refractivity contribution in [2.24, 2.45) is 0 Å². The number of hydrogen-bond donors (Lipinski definition) is 3. The lowest BCUT2D eigenvalue weighted by Crippen LogP contribution is -2.34. The van der Waals surface area contributed by atoms with E-state index < -0.39 is 6.04 Å². The van der Waals surface area contributed by atoms with Crippen LogP contribution in [-0.4, -0.2) is 29.2 Å². The first kappa shape index (κ1) is 17.0. The van der Waals surface area contributed by atoms with Crippen LogP contribution >= 0.6 is 11.8 Å². The van der Waals surface area contributed by atoms with E-state index in [2.05, 4.69) is 16.0 Å². The number of amides is 3. The van der Waals surface area contributed by atoms with Crippen molar-refractivity contribution >= 4 is 40.9 Å². The summed E-state index contributed by atoms with van der Waals surface area (Å²) >= 11 is 1.20. The third-order valence-electron chi connectivity index (χ3n) is 3.62. The van der Waals surface area contributed by atoms with Crippen LogP contribution in [0.3, 0.4) is 0 Å². The highest BCUT2D eigenvalue weighted by atomic mass is 32.2. The number of thioether (sulfide) groups is 1. The monoisotopic (exact) mass is 355 g/mol. The SMILES string of the molecule is O=C(CSCC(=O)NC1C(=O)Nc2ccccc21)Nc1ccccc1. The summed E-state index contributed by atoms with van der Waals surface area (Å²) in [5.74, 6) is -0.437. The van der Waals surface area contributed by atoms with Gasteiger partial charge in [0.25, 0.3) is 5.91 Å². The molecule has 7 heteroatoms. The van der Waals surface area contributed by atoms with Crippen molar-refractivity contribution in [1.82, 2.24) is 5.32 Å². The van der Waals surface area contributed by atoms with E-state index in [9.17, 15) is 14.4 Å². The van der Waals surface area contributed by atoms with E-state index in [0.29, 0.717) is 5.69 Å². The molecule has 3 N–H and O–H groups in total. The average molecular weight is 355 g/mol. The number of anilines is 2. The maximum absolute atomic E-state index is 12.1. The first-order valence-electron chi connectivity index (χ1n) is 7.75. The molecule has 1 unspecified atom stereocenters. The van der Waals surface area contributed by atoms with Gasteiger partial charge in [-0.1, -0.05) is 36.4 Å². The number of carbonyl (C=O) groups is 3. The molecule has 0 bridgehead atoms. The van der Waals surface area contributed by atoms with Gasteiger partial charge in [0.15, 0.2) is 0 Å². The van der Waals surface area contributed by atoms with Crippen molar-refractivity contribution in [3.63, 3.8) is 0 Å². The molecule has 2 aromatic carbocycles. The molecule has 1 aliphatic heterocycles. The normalized spacial score (nSPS) is 15.2. The fourth-order valence-electron chi connectivity index (χ4n) is 2.51. The maximum atomic E-state index is 12.1. The topological polar surface area (TPSA) is 87.3 Å². The zero-order valence-corrected chi connectivity index (χ0v) is 14.1. The van der Waals surface area contributed by atoms with Gasteiger partial charge >= 0.3 is 0 Å². The Morgan fingerprint density at radius 3 is 2.44 bits per heavy atom. The number of para-hydroxylation sites is 2. The van der Waals surface area contributed by atoms with Crippen LogP contribution < -0.4 is 16.0 Å². The van der Waals surface area contributed by atoms with E-state index in [1.54, 1.807) is 24.3 Å². The van der Waals surface area contributed by atoms with E-state index in [1.165, 1.54) is 11.8 Å². The minimum absolute atomic E-state index is 0.105. The zero-order chi connectivity index (χ0) is 17.6. The molecule has 0 fully saturated rings. The van der Waals surface area contributed by atoms with Gasteiger partial charge in [0, 0.05) is 16.9 Å². The van der Waals surface area contributed by atoms with Crippen LogP contribution in [0, 0.1) is 0 Å². The Labute approximate surface area is 149 Å². The number of benzene rings is 2. The molecule has 0 spiro atoms. The minimum atomic E-state index is -0.678. The fourth-order valence-corrected chi connectivity index (χ4v) is 3.14. The fraction of sp³-hybridized carbons (Fsp3) is 0.167. The molecular weight excluding hydrogens is 338 g/mol. The molecule has 0 aliphatic carbocycles. The van der Waals surface area contributed by atoms with Gasteiger partial charge in [-0.05, 0) is 18.2 Å². The molecule has 0 saturated carbocycles. The predicted octanol–water partition coefficient (Wildman–Crippen LogP) is 2.17. The van der Waals surface area contributed by atoms with Crippen molar-refractivity contribution < 1.29 is 14.4 Å². The van der Waals surface area contributed by atoms with Crippen molar-refractivity contribution in [1.29, 1.82) is 0 Å². The second kappa shape index (κ2) is 7.85. The largest absolute Gasteiger partial charge is 0.340 e. The first-order valence-corrected chi connectivity index (χ1v) is 8.91. The highest BCUT2D eigenvalue weighted by Crippen LogP contribution is 2.30. The standard InChI is InChI=1S/C18H17N3O3S/c22-15(19-12-6-2-1-3-7-12)10-25-11-16(23)21-17-13-8-4-5-9-14(13)20-18(17)24/h1-9,17H,10-11H2,(H,19,22)(H,20,24)(H,21,23). The lowest BCUT2D eigenvalue weighted by atomic mass is 10.1. The summed E-state index contributed by atoms with van der Waals surface area (Å²) in [6, 6.07) is 15.7. The van der Waals surface area contributed by atoms with E-state index >= 15 is 0 Å². The third-order valence-corrected chi connectivity index (χ3v) is 4.55. The van der Waals surface area contributed by atoms with Crippen LogP contribution in [0.15, 0.2) is 54.6 Å². The lowest BCUT2D eigenvalue weighted by Gasteiger charge is -2.11. The number of fused-ring (bicyclic) bond motifs is 1. The predicted molar refractivity (Wildman–Crippen MR) is 98.4 cm³/mol. The molecule has 3 amide bonds. The highest BCUT2D eigenvalue weighted by molar-refractivity contribution is 8.00. The second-order valence-corrected chi connectivity index (χ2v) is 6.47. The van der Waals surface area contributed by atoms with Crippen molar-refractivity contribution in [2.75, 3.05) is 22.1 Å². The lowest BCUT2D eigenvalue weighted by molar-refractivity contribution is -0.124. The molecule has 128 valence electrons. The average Bonchev–Trinajstić information content (AvgIpc) is 2.91. The Hall–Kier alpha value is -2.80. The number of rotatable bonds is 6. The second-order valence-electron chi connectivity index (χ2n) is 5.48. The summed E-state index contributed by atoms with van der Waals surface area (Å²) in [5.41, 5.74) is 2.19. The van der Waals surface area contributed by atoms with Gasteiger partial charge in [-0.15, -0.1) is 11.8 Å². The number of nitrogens with one attached hydrogen (secondary N) is 3. The number of hydrogen-bond acceptors (Lipinski definition) is 4. The van der Waals surface area contributed by atoms with Gasteiger partial charge in [0.1, 0.15) is 6.04 Å². The third kappa shape index (κ3) is 4.39. The van der Waals surface area contributed by atoms with E-state index in [-0.39, 0.29) is 29.2 Å². The summed E-state index contributed by atoms with van der Waals surface area (Å²) in [6.45, 7) is 0. The van der Waals surface area contributed by atoms with Crippen LogP contribution in [-0.2, 0) is 14.4 Å². The van der Waals surface area contributed by atoms with Crippen molar-refractivity contribution in [3.8, 4) is 0 Å². The molecule has 25 heavy (non-hydrogen) atoms. The maximum Gasteiger partial charge on any atom is 0.251 e. The minimum Gasteiger partial charge on any atom is -0.340 e. The Morgan fingerprint density at radius 1 is 0.960 bits per heavy atom. The van der Waals surface area contributed by atoms with Gasteiger partial charge in [-0.2, -0.15) is 0 Å². The Kier molecular flexibility index (Phi) is 5.35. The molecule has 2 aromatic rings. The van der Waals surface area contributed by atoms with Crippen molar-refractivity contribution in [3.05, 3.63) is 60.2 Å². The molecule has 1 atom stereocenters. The number of carbonyl (C=O) groups excluding carboxylic acids is 3. The molecule has 0 aromatic heterocycles. The molecule has 0 radical (unpaired) electrons. The van der Waals surface area contributed by atoms with Crippen LogP contribution in [0.25, 0.3) is 0 Å². The molecule has 0 saturated heterocycles. The molecule has 3 rings (SSSR count). The van der Waals surface area contributed by atoms with Crippen LogP contribution in [0.5, 0.6) is 0 Å². The zero-order valence-electron chi connectivity index (χ0n) is 13.3. The Morgan fingerprint density at radius 2 is 1.64 bits per heavy atom. The van der Waals surface area contributed by atoms with Gasteiger partial charge in [0.05, 0.1) is 11.5 Å². The van der Waals surface area contributed by atoms with E-state index in [1.807, 2.05) is 30.3 Å². The quantitative estimate of drug-likeness (QED) is 0.741. The van der Waals surface area contributed by atoms with Gasteiger partial charge < -0.3 is 16.0 Å². The summed E-state index contributed by atoms with van der Waals surface area (Å²) < 4.78 is 0. The molecule has 6 nitrogen and oxygen atoms in total. The Bertz CT molecular complexity index is 795. The first-order chi connectivity index (χ1) is 12.1. The summed E-state index contributed by atoms with van der Waals surface area (Å²) in [6.07, 6.45) is 0. The summed E-state index contributed by atoms with van der Waals surface area (Å²) in [7, 11) is 0. The van der Waals surface area contributed by atoms with Crippen LogP contribution in [0.4, 0.5) is 11.4 Å². The van der Waals surface area contributed by atoms with Crippen molar-refractivity contribution in [2.45, 2.75) is 6.04 Å².